The van der Waals surface area contributed by atoms with Crippen molar-refractivity contribution in [2.75, 3.05) is 0 Å². The average molecular weight is 693 g/mol. The van der Waals surface area contributed by atoms with Crippen LogP contribution in [0.15, 0.2) is 162 Å². The van der Waals surface area contributed by atoms with E-state index in [9.17, 15) is 0 Å². The van der Waals surface area contributed by atoms with Crippen LogP contribution in [-0.2, 0) is 5.41 Å². The summed E-state index contributed by atoms with van der Waals surface area (Å²) in [5, 5.41) is 5.76. The van der Waals surface area contributed by atoms with Crippen molar-refractivity contribution < 1.29 is 4.42 Å². The van der Waals surface area contributed by atoms with Crippen molar-refractivity contribution >= 4 is 65.7 Å². The molecule has 0 N–H and O–H groups in total. The fourth-order valence-corrected chi connectivity index (χ4v) is 9.37. The number of fused-ring (bicyclic) bond motifs is 11. The molecule has 5 heterocycles. The summed E-state index contributed by atoms with van der Waals surface area (Å²) in [6.45, 7) is 4.69. The molecule has 4 aromatic heterocycles. The standard InChI is InChI=1S/C49H32N4O/c1-49(2)37-22-12-21-36-45(37)53(46-34-19-6-10-27-42(34)54-47(36)46)41-26-13-20-35(43(41)49)44-33-18-3-7-23-38(33)50-48(51-44)29-14-11-15-30(28-29)52-39-24-8-4-16-31(39)32-17-5-9-25-40(32)52/h3-28H,1-2H3. The zero-order chi connectivity index (χ0) is 35.7. The molecular weight excluding hydrogens is 661 g/mol. The fraction of sp³-hybridized carbons (Fsp3) is 0.0612. The summed E-state index contributed by atoms with van der Waals surface area (Å²) in [6, 6.07) is 56.0. The van der Waals surface area contributed by atoms with Gasteiger partial charge in [-0.25, -0.2) is 9.97 Å². The average Bonchev–Trinajstić information content (AvgIpc) is 3.87. The smallest absolute Gasteiger partial charge is 0.161 e. The summed E-state index contributed by atoms with van der Waals surface area (Å²) in [6.07, 6.45) is 0. The van der Waals surface area contributed by atoms with E-state index >= 15 is 0 Å². The lowest BCUT2D eigenvalue weighted by Gasteiger charge is -2.36. The molecule has 12 rings (SSSR count). The molecular formula is C49H32N4O. The van der Waals surface area contributed by atoms with E-state index in [1.54, 1.807) is 0 Å². The fourth-order valence-electron chi connectivity index (χ4n) is 9.37. The maximum Gasteiger partial charge on any atom is 0.161 e. The molecule has 54 heavy (non-hydrogen) atoms. The van der Waals surface area contributed by atoms with Gasteiger partial charge in [-0.15, -0.1) is 0 Å². The van der Waals surface area contributed by atoms with Crippen LogP contribution in [0, 0.1) is 0 Å². The van der Waals surface area contributed by atoms with Gasteiger partial charge in [0.2, 0.25) is 0 Å². The van der Waals surface area contributed by atoms with Crippen LogP contribution in [0.1, 0.15) is 25.0 Å². The van der Waals surface area contributed by atoms with E-state index in [-0.39, 0.29) is 5.41 Å². The van der Waals surface area contributed by atoms with Crippen LogP contribution in [0.5, 0.6) is 0 Å². The van der Waals surface area contributed by atoms with Gasteiger partial charge in [-0.05, 0) is 65.7 Å². The first-order chi connectivity index (χ1) is 26.6. The van der Waals surface area contributed by atoms with Crippen molar-refractivity contribution in [2.24, 2.45) is 0 Å². The van der Waals surface area contributed by atoms with Crippen LogP contribution in [0.25, 0.3) is 99.7 Å². The highest BCUT2D eigenvalue weighted by Crippen LogP contribution is 2.52. The van der Waals surface area contributed by atoms with E-state index < -0.39 is 0 Å². The molecule has 0 amide bonds. The predicted molar refractivity (Wildman–Crippen MR) is 221 cm³/mol. The van der Waals surface area contributed by atoms with Gasteiger partial charge in [0.1, 0.15) is 11.1 Å². The van der Waals surface area contributed by atoms with Crippen molar-refractivity contribution in [3.05, 3.63) is 169 Å². The Hall–Kier alpha value is -6.98. The number of furan rings is 1. The summed E-state index contributed by atoms with van der Waals surface area (Å²) in [4.78, 5) is 10.7. The Labute approximate surface area is 310 Å². The number of nitrogens with zero attached hydrogens (tertiary/aromatic N) is 4. The Morgan fingerprint density at radius 3 is 2.02 bits per heavy atom. The van der Waals surface area contributed by atoms with E-state index in [1.165, 1.54) is 38.4 Å². The molecule has 0 fully saturated rings. The molecule has 7 aromatic carbocycles. The van der Waals surface area contributed by atoms with Crippen molar-refractivity contribution in [1.82, 2.24) is 19.1 Å². The normalized spacial score (nSPS) is 13.5. The quantitative estimate of drug-likeness (QED) is 0.185. The van der Waals surface area contributed by atoms with Gasteiger partial charge in [-0.3, -0.25) is 0 Å². The second-order valence-corrected chi connectivity index (χ2v) is 15.0. The minimum atomic E-state index is -0.338. The molecule has 0 aliphatic carbocycles. The first-order valence-electron chi connectivity index (χ1n) is 18.5. The lowest BCUT2D eigenvalue weighted by atomic mass is 9.72. The molecule has 254 valence electrons. The van der Waals surface area contributed by atoms with Gasteiger partial charge in [-0.2, -0.15) is 0 Å². The highest BCUT2D eigenvalue weighted by molar-refractivity contribution is 6.18. The Balaban J connectivity index is 1.12. The molecule has 0 bridgehead atoms. The summed E-state index contributed by atoms with van der Waals surface area (Å²) in [5.41, 5.74) is 14.8. The summed E-state index contributed by atoms with van der Waals surface area (Å²) >= 11 is 0. The van der Waals surface area contributed by atoms with Gasteiger partial charge in [0.15, 0.2) is 11.4 Å². The maximum absolute atomic E-state index is 6.59. The van der Waals surface area contributed by atoms with Gasteiger partial charge in [0.05, 0.1) is 33.4 Å². The molecule has 11 aromatic rings. The monoisotopic (exact) mass is 692 g/mol. The number of para-hydroxylation sites is 5. The molecule has 5 nitrogen and oxygen atoms in total. The first-order valence-corrected chi connectivity index (χ1v) is 18.5. The van der Waals surface area contributed by atoms with Gasteiger partial charge >= 0.3 is 0 Å². The number of rotatable bonds is 3. The molecule has 0 atom stereocenters. The van der Waals surface area contributed by atoms with Crippen molar-refractivity contribution in [3.63, 3.8) is 0 Å². The van der Waals surface area contributed by atoms with Gasteiger partial charge in [0, 0.05) is 49.2 Å². The minimum absolute atomic E-state index is 0.338. The second-order valence-electron chi connectivity index (χ2n) is 15.0. The molecule has 0 spiro atoms. The van der Waals surface area contributed by atoms with E-state index in [4.69, 9.17) is 14.4 Å². The topological polar surface area (TPSA) is 48.8 Å². The Kier molecular flexibility index (Phi) is 5.78. The van der Waals surface area contributed by atoms with Crippen LogP contribution in [0.2, 0.25) is 0 Å². The van der Waals surface area contributed by atoms with E-state index in [0.29, 0.717) is 5.82 Å². The molecule has 5 heteroatoms. The largest absolute Gasteiger partial charge is 0.454 e. The van der Waals surface area contributed by atoms with Gasteiger partial charge < -0.3 is 13.6 Å². The molecule has 0 unspecified atom stereocenters. The molecule has 0 radical (unpaired) electrons. The molecule has 1 aliphatic heterocycles. The third-order valence-electron chi connectivity index (χ3n) is 11.7. The molecule has 0 saturated heterocycles. The SMILES string of the molecule is CC1(C)c2c(-c3nc(-c4cccc(-n5c6ccccc6c6ccccc65)c4)nc4ccccc34)cccc2-n2c3c1cccc3c1oc3ccccc3c12. The maximum atomic E-state index is 6.59. The van der Waals surface area contributed by atoms with Gasteiger partial charge in [0.25, 0.3) is 0 Å². The number of aromatic nitrogens is 4. The summed E-state index contributed by atoms with van der Waals surface area (Å²) in [7, 11) is 0. The number of benzene rings is 7. The van der Waals surface area contributed by atoms with Crippen molar-refractivity contribution in [1.29, 1.82) is 0 Å². The zero-order valence-electron chi connectivity index (χ0n) is 29.7. The van der Waals surface area contributed by atoms with Crippen LogP contribution in [-0.4, -0.2) is 19.1 Å². The Morgan fingerprint density at radius 2 is 1.20 bits per heavy atom. The van der Waals surface area contributed by atoms with Gasteiger partial charge in [-0.1, -0.05) is 117 Å². The third kappa shape index (κ3) is 3.83. The first kappa shape index (κ1) is 29.6. The van der Waals surface area contributed by atoms with E-state index in [2.05, 4.69) is 175 Å². The van der Waals surface area contributed by atoms with Crippen LogP contribution in [0.3, 0.4) is 0 Å². The van der Waals surface area contributed by atoms with Crippen molar-refractivity contribution in [3.8, 4) is 34.0 Å². The third-order valence-corrected chi connectivity index (χ3v) is 11.7. The number of hydrogen-bond donors (Lipinski definition) is 0. The van der Waals surface area contributed by atoms with Crippen molar-refractivity contribution in [2.45, 2.75) is 19.3 Å². The second kappa shape index (κ2) is 10.6. The highest BCUT2D eigenvalue weighted by Gasteiger charge is 2.38. The predicted octanol–water partition coefficient (Wildman–Crippen LogP) is 12.5. The minimum Gasteiger partial charge on any atom is -0.454 e. The lowest BCUT2D eigenvalue weighted by Crippen LogP contribution is -2.27. The number of hydrogen-bond acceptors (Lipinski definition) is 3. The van der Waals surface area contributed by atoms with Crippen LogP contribution < -0.4 is 0 Å². The van der Waals surface area contributed by atoms with Crippen LogP contribution in [0.4, 0.5) is 0 Å². The summed E-state index contributed by atoms with van der Waals surface area (Å²) < 4.78 is 11.4. The lowest BCUT2D eigenvalue weighted by molar-refractivity contribution is 0.632. The highest BCUT2D eigenvalue weighted by atomic mass is 16.3. The van der Waals surface area contributed by atoms with E-state index in [1.807, 2.05) is 6.07 Å². The van der Waals surface area contributed by atoms with E-state index in [0.717, 1.165) is 66.6 Å². The zero-order valence-corrected chi connectivity index (χ0v) is 29.7. The van der Waals surface area contributed by atoms with Crippen LogP contribution >= 0.6 is 0 Å². The summed E-state index contributed by atoms with van der Waals surface area (Å²) in [5.74, 6) is 0.699. The molecule has 1 aliphatic rings. The molecule has 0 saturated carbocycles. The Morgan fingerprint density at radius 1 is 0.537 bits per heavy atom. The Bertz CT molecular complexity index is 3320.